The molecular formula is C18H29N3. The first-order valence-corrected chi connectivity index (χ1v) is 8.70. The molecule has 2 fully saturated rings. The minimum atomic E-state index is 0.752. The third-order valence-electron chi connectivity index (χ3n) is 4.87. The van der Waals surface area contributed by atoms with Crippen molar-refractivity contribution in [2.45, 2.75) is 76.5 Å². The van der Waals surface area contributed by atoms with Crippen LogP contribution in [0.25, 0.3) is 0 Å². The van der Waals surface area contributed by atoms with Gasteiger partial charge in [0.1, 0.15) is 0 Å². The first-order chi connectivity index (χ1) is 10.3. The molecule has 0 amide bonds. The monoisotopic (exact) mass is 287 g/mol. The van der Waals surface area contributed by atoms with Crippen molar-refractivity contribution in [3.8, 4) is 0 Å². The van der Waals surface area contributed by atoms with Gasteiger partial charge < -0.3 is 5.32 Å². The van der Waals surface area contributed by atoms with Gasteiger partial charge in [-0.1, -0.05) is 31.7 Å². The lowest BCUT2D eigenvalue weighted by atomic mass is 10.1. The Kier molecular flexibility index (Phi) is 5.26. The van der Waals surface area contributed by atoms with Crippen molar-refractivity contribution in [2.24, 2.45) is 0 Å². The molecule has 2 aliphatic rings. The summed E-state index contributed by atoms with van der Waals surface area (Å²) in [5.41, 5.74) is 2.41. The Morgan fingerprint density at radius 1 is 1.05 bits per heavy atom. The third kappa shape index (κ3) is 4.79. The van der Waals surface area contributed by atoms with Gasteiger partial charge in [-0.05, 0) is 44.9 Å². The topological polar surface area (TPSA) is 28.2 Å². The fraction of sp³-hybridized carbons (Fsp3) is 0.722. The van der Waals surface area contributed by atoms with Crippen LogP contribution in [-0.4, -0.2) is 29.0 Å². The Labute approximate surface area is 129 Å². The van der Waals surface area contributed by atoms with Gasteiger partial charge in [0.2, 0.25) is 0 Å². The summed E-state index contributed by atoms with van der Waals surface area (Å²) >= 11 is 0. The third-order valence-corrected chi connectivity index (χ3v) is 4.87. The van der Waals surface area contributed by atoms with Gasteiger partial charge in [0.05, 0.1) is 11.4 Å². The molecule has 0 radical (unpaired) electrons. The van der Waals surface area contributed by atoms with Gasteiger partial charge >= 0.3 is 0 Å². The molecule has 0 unspecified atom stereocenters. The smallest absolute Gasteiger partial charge is 0.0547 e. The summed E-state index contributed by atoms with van der Waals surface area (Å²) in [4.78, 5) is 7.35. The Bertz CT molecular complexity index is 434. The normalized spacial score (nSPS) is 20.7. The molecule has 0 aliphatic heterocycles. The molecular weight excluding hydrogens is 258 g/mol. The maximum absolute atomic E-state index is 4.83. The maximum atomic E-state index is 4.83. The average Bonchev–Trinajstić information content (AvgIpc) is 3.32. The molecule has 2 aliphatic carbocycles. The van der Waals surface area contributed by atoms with E-state index in [9.17, 15) is 0 Å². The second-order valence-corrected chi connectivity index (χ2v) is 6.84. The Morgan fingerprint density at radius 3 is 2.48 bits per heavy atom. The lowest BCUT2D eigenvalue weighted by Gasteiger charge is -2.26. The quantitative estimate of drug-likeness (QED) is 0.812. The molecule has 3 nitrogen and oxygen atoms in total. The maximum Gasteiger partial charge on any atom is 0.0547 e. The molecule has 0 saturated heterocycles. The molecule has 3 rings (SSSR count). The van der Waals surface area contributed by atoms with E-state index in [0.29, 0.717) is 0 Å². The molecule has 1 N–H and O–H groups in total. The first-order valence-electron chi connectivity index (χ1n) is 8.70. The standard InChI is InChI=1S/C18H29N3/c1-21(18-9-4-2-3-5-10-18)14-17-8-6-7-16(20-17)13-19-15-11-12-15/h6-8,15,18-19H,2-5,9-14H2,1H3. The lowest BCUT2D eigenvalue weighted by molar-refractivity contribution is 0.210. The Morgan fingerprint density at radius 2 is 1.76 bits per heavy atom. The summed E-state index contributed by atoms with van der Waals surface area (Å²) in [5.74, 6) is 0. The van der Waals surface area contributed by atoms with Gasteiger partial charge in [0, 0.05) is 25.2 Å². The molecule has 1 aromatic rings. The van der Waals surface area contributed by atoms with Crippen LogP contribution >= 0.6 is 0 Å². The zero-order valence-corrected chi connectivity index (χ0v) is 13.4. The van der Waals surface area contributed by atoms with Crippen LogP contribution in [0.2, 0.25) is 0 Å². The summed E-state index contributed by atoms with van der Waals surface area (Å²) in [6.07, 6.45) is 11.0. The van der Waals surface area contributed by atoms with E-state index in [1.165, 1.54) is 62.8 Å². The summed E-state index contributed by atoms with van der Waals surface area (Å²) < 4.78 is 0. The molecule has 0 atom stereocenters. The van der Waals surface area contributed by atoms with E-state index < -0.39 is 0 Å². The van der Waals surface area contributed by atoms with Crippen molar-refractivity contribution >= 4 is 0 Å². The Balaban J connectivity index is 1.53. The average molecular weight is 287 g/mol. The number of nitrogens with one attached hydrogen (secondary N) is 1. The molecule has 1 heterocycles. The van der Waals surface area contributed by atoms with Crippen LogP contribution in [0, 0.1) is 0 Å². The van der Waals surface area contributed by atoms with Crippen LogP contribution < -0.4 is 5.32 Å². The van der Waals surface area contributed by atoms with Gasteiger partial charge in [-0.15, -0.1) is 0 Å². The van der Waals surface area contributed by atoms with Crippen molar-refractivity contribution in [1.29, 1.82) is 0 Å². The molecule has 0 spiro atoms. The van der Waals surface area contributed by atoms with Crippen LogP contribution in [0.1, 0.15) is 62.8 Å². The van der Waals surface area contributed by atoms with E-state index in [4.69, 9.17) is 4.98 Å². The van der Waals surface area contributed by atoms with Gasteiger partial charge in [-0.3, -0.25) is 9.88 Å². The summed E-state index contributed by atoms with van der Waals surface area (Å²) in [7, 11) is 2.27. The number of hydrogen-bond acceptors (Lipinski definition) is 3. The first kappa shape index (κ1) is 15.0. The van der Waals surface area contributed by atoms with Crippen molar-refractivity contribution in [2.75, 3.05) is 7.05 Å². The highest BCUT2D eigenvalue weighted by Crippen LogP contribution is 2.22. The minimum Gasteiger partial charge on any atom is -0.308 e. The molecule has 0 bridgehead atoms. The van der Waals surface area contributed by atoms with Gasteiger partial charge in [0.25, 0.3) is 0 Å². The van der Waals surface area contributed by atoms with E-state index in [-0.39, 0.29) is 0 Å². The molecule has 116 valence electrons. The molecule has 2 saturated carbocycles. The van der Waals surface area contributed by atoms with Gasteiger partial charge in [-0.25, -0.2) is 0 Å². The number of nitrogens with zero attached hydrogens (tertiary/aromatic N) is 2. The van der Waals surface area contributed by atoms with E-state index >= 15 is 0 Å². The summed E-state index contributed by atoms with van der Waals surface area (Å²) in [5, 5.41) is 3.55. The predicted octanol–water partition coefficient (Wildman–Crippen LogP) is 3.49. The second-order valence-electron chi connectivity index (χ2n) is 6.84. The largest absolute Gasteiger partial charge is 0.308 e. The SMILES string of the molecule is CN(Cc1cccc(CNC2CC2)n1)C1CCCCCC1. The van der Waals surface area contributed by atoms with E-state index in [2.05, 4.69) is 35.5 Å². The Hall–Kier alpha value is -0.930. The lowest BCUT2D eigenvalue weighted by Crippen LogP contribution is -2.31. The van der Waals surface area contributed by atoms with E-state index in [1.807, 2.05) is 0 Å². The molecule has 21 heavy (non-hydrogen) atoms. The van der Waals surface area contributed by atoms with Crippen molar-refractivity contribution in [1.82, 2.24) is 15.2 Å². The van der Waals surface area contributed by atoms with Crippen molar-refractivity contribution in [3.63, 3.8) is 0 Å². The van der Waals surface area contributed by atoms with E-state index in [0.717, 1.165) is 25.2 Å². The second kappa shape index (κ2) is 7.37. The van der Waals surface area contributed by atoms with Crippen LogP contribution in [-0.2, 0) is 13.1 Å². The van der Waals surface area contributed by atoms with Crippen LogP contribution in [0.15, 0.2) is 18.2 Å². The fourth-order valence-corrected chi connectivity index (χ4v) is 3.34. The fourth-order valence-electron chi connectivity index (χ4n) is 3.34. The predicted molar refractivity (Wildman–Crippen MR) is 87.1 cm³/mol. The highest BCUT2D eigenvalue weighted by molar-refractivity contribution is 5.11. The highest BCUT2D eigenvalue weighted by atomic mass is 15.1. The van der Waals surface area contributed by atoms with Crippen molar-refractivity contribution in [3.05, 3.63) is 29.6 Å². The van der Waals surface area contributed by atoms with E-state index in [1.54, 1.807) is 0 Å². The summed E-state index contributed by atoms with van der Waals surface area (Å²) in [6, 6.07) is 7.98. The van der Waals surface area contributed by atoms with Gasteiger partial charge in [0.15, 0.2) is 0 Å². The molecule has 0 aromatic carbocycles. The van der Waals surface area contributed by atoms with Gasteiger partial charge in [-0.2, -0.15) is 0 Å². The zero-order valence-electron chi connectivity index (χ0n) is 13.4. The number of aromatic nitrogens is 1. The summed E-state index contributed by atoms with van der Waals surface area (Å²) in [6.45, 7) is 1.91. The highest BCUT2D eigenvalue weighted by Gasteiger charge is 2.20. The number of rotatable bonds is 6. The molecule has 1 aromatic heterocycles. The zero-order chi connectivity index (χ0) is 14.5. The van der Waals surface area contributed by atoms with Crippen LogP contribution in [0.4, 0.5) is 0 Å². The number of hydrogen-bond donors (Lipinski definition) is 1. The van der Waals surface area contributed by atoms with Crippen LogP contribution in [0.3, 0.4) is 0 Å². The number of pyridine rings is 1. The molecule has 3 heteroatoms. The van der Waals surface area contributed by atoms with Crippen LogP contribution in [0.5, 0.6) is 0 Å². The minimum absolute atomic E-state index is 0.752. The van der Waals surface area contributed by atoms with Crippen molar-refractivity contribution < 1.29 is 0 Å².